The molecule has 0 rings (SSSR count). The minimum absolute atomic E-state index is 0.508. The van der Waals surface area contributed by atoms with Crippen LogP contribution in [0, 0.1) is 0 Å². The largest absolute Gasteiger partial charge is 0.351 e. The molecule has 0 aliphatic heterocycles. The van der Waals surface area contributed by atoms with Gasteiger partial charge in [-0.05, 0) is 6.92 Å². The topological polar surface area (TPSA) is 46.3 Å². The molecule has 0 fully saturated rings. The first-order chi connectivity index (χ1) is 3.18. The fraction of sp³-hybridized carbons (Fsp3) is 0.667. The molecule has 0 aromatic heterocycles. The molecule has 7 heavy (non-hydrogen) atoms. The molecule has 0 bridgehead atoms. The zero-order chi connectivity index (χ0) is 5.86. The summed E-state index contributed by atoms with van der Waals surface area (Å²) in [6.07, 6.45) is 0. The summed E-state index contributed by atoms with van der Waals surface area (Å²) in [5.41, 5.74) is 4.76. The number of nitrogens with zero attached hydrogens (tertiary/aromatic N) is 1. The van der Waals surface area contributed by atoms with Crippen LogP contribution in [0.3, 0.4) is 0 Å². The van der Waals surface area contributed by atoms with Crippen LogP contribution < -0.4 is 5.73 Å². The van der Waals surface area contributed by atoms with Gasteiger partial charge in [0.1, 0.15) is 0 Å². The zero-order valence-corrected chi connectivity index (χ0v) is 4.98. The van der Waals surface area contributed by atoms with Gasteiger partial charge in [0.05, 0.1) is 0 Å². The third-order valence-electron chi connectivity index (χ3n) is 0.554. The molecule has 42 valence electrons. The molecule has 2 amide bonds. The van der Waals surface area contributed by atoms with Crippen molar-refractivity contribution >= 4 is 18.8 Å². The SMILES string of the molecule is CCN(S)C(N)=O. The van der Waals surface area contributed by atoms with Crippen LogP contribution in [0.5, 0.6) is 0 Å². The lowest BCUT2D eigenvalue weighted by Crippen LogP contribution is -2.26. The highest BCUT2D eigenvalue weighted by Crippen LogP contribution is 1.87. The molecule has 0 spiro atoms. The summed E-state index contributed by atoms with van der Waals surface area (Å²) in [7, 11) is 0. The third-order valence-corrected chi connectivity index (χ3v) is 1.03. The highest BCUT2D eigenvalue weighted by atomic mass is 32.1. The van der Waals surface area contributed by atoms with E-state index >= 15 is 0 Å². The highest BCUT2D eigenvalue weighted by Gasteiger charge is 1.96. The van der Waals surface area contributed by atoms with Crippen LogP contribution in [0.15, 0.2) is 0 Å². The molecule has 0 heterocycles. The van der Waals surface area contributed by atoms with Gasteiger partial charge in [-0.1, -0.05) is 12.8 Å². The monoisotopic (exact) mass is 120 g/mol. The van der Waals surface area contributed by atoms with Gasteiger partial charge in [-0.3, -0.25) is 4.31 Å². The van der Waals surface area contributed by atoms with Gasteiger partial charge in [-0.15, -0.1) is 0 Å². The zero-order valence-electron chi connectivity index (χ0n) is 4.09. The minimum Gasteiger partial charge on any atom is -0.351 e. The fourth-order valence-corrected chi connectivity index (χ4v) is 0.156. The van der Waals surface area contributed by atoms with E-state index in [2.05, 4.69) is 12.8 Å². The second-order valence-corrected chi connectivity index (χ2v) is 1.54. The molecule has 0 aliphatic carbocycles. The molecule has 2 N–H and O–H groups in total. The number of urea groups is 1. The van der Waals surface area contributed by atoms with E-state index in [-0.39, 0.29) is 0 Å². The number of nitrogens with two attached hydrogens (primary N) is 1. The van der Waals surface area contributed by atoms with Crippen LogP contribution in [0.2, 0.25) is 0 Å². The lowest BCUT2D eigenvalue weighted by Gasteiger charge is -2.06. The van der Waals surface area contributed by atoms with Gasteiger partial charge in [-0.2, -0.15) is 0 Å². The highest BCUT2D eigenvalue weighted by molar-refractivity contribution is 7.78. The van der Waals surface area contributed by atoms with E-state index in [1.165, 1.54) is 0 Å². The van der Waals surface area contributed by atoms with Gasteiger partial charge >= 0.3 is 6.03 Å². The molecule has 0 unspecified atom stereocenters. The third kappa shape index (κ3) is 2.33. The molecule has 4 heteroatoms. The van der Waals surface area contributed by atoms with Crippen LogP contribution >= 0.6 is 12.8 Å². The molecule has 0 saturated heterocycles. The van der Waals surface area contributed by atoms with E-state index in [9.17, 15) is 4.79 Å². The second kappa shape index (κ2) is 2.74. The number of carbonyl (C=O) groups excluding carboxylic acids is 1. The number of hydrogen-bond donors (Lipinski definition) is 2. The van der Waals surface area contributed by atoms with Crippen molar-refractivity contribution in [2.24, 2.45) is 5.73 Å². The quantitative estimate of drug-likeness (QED) is 0.478. The summed E-state index contributed by atoms with van der Waals surface area (Å²) in [4.78, 5) is 10.0. The molecule has 3 nitrogen and oxygen atoms in total. The van der Waals surface area contributed by atoms with Crippen molar-refractivity contribution < 1.29 is 4.79 Å². The Morgan fingerprint density at radius 2 is 2.43 bits per heavy atom. The summed E-state index contributed by atoms with van der Waals surface area (Å²) in [5.74, 6) is 0. The predicted octanol–water partition coefficient (Wildman–Crippen LogP) is 0.232. The fourth-order valence-electron chi connectivity index (χ4n) is 0.156. The van der Waals surface area contributed by atoms with Crippen LogP contribution in [-0.4, -0.2) is 16.9 Å². The molecule has 0 aliphatic rings. The molecule has 0 aromatic rings. The van der Waals surface area contributed by atoms with E-state index in [1.54, 1.807) is 6.92 Å². The standard InChI is InChI=1S/C3H8N2OS/c1-2-5(7)3(4)6/h7H,2H2,1H3,(H2,4,6). The van der Waals surface area contributed by atoms with Crippen molar-refractivity contribution in [1.29, 1.82) is 0 Å². The van der Waals surface area contributed by atoms with Crippen molar-refractivity contribution in [3.05, 3.63) is 0 Å². The smallest absolute Gasteiger partial charge is 0.324 e. The number of hydrogen-bond acceptors (Lipinski definition) is 2. The molecular weight excluding hydrogens is 112 g/mol. The summed E-state index contributed by atoms with van der Waals surface area (Å²) in [6.45, 7) is 2.33. The average molecular weight is 120 g/mol. The maximum absolute atomic E-state index is 10.0. The molecule has 0 saturated carbocycles. The number of thiol groups is 1. The van der Waals surface area contributed by atoms with Crippen molar-refractivity contribution in [1.82, 2.24) is 4.31 Å². The lowest BCUT2D eigenvalue weighted by atomic mass is 10.7. The van der Waals surface area contributed by atoms with Gasteiger partial charge in [0.25, 0.3) is 0 Å². The van der Waals surface area contributed by atoms with Gasteiger partial charge < -0.3 is 5.73 Å². The summed E-state index contributed by atoms with van der Waals surface area (Å²) >= 11 is 3.68. The van der Waals surface area contributed by atoms with Gasteiger partial charge in [0.15, 0.2) is 0 Å². The van der Waals surface area contributed by atoms with Crippen LogP contribution in [-0.2, 0) is 0 Å². The Labute approximate surface area is 48.0 Å². The van der Waals surface area contributed by atoms with Crippen molar-refractivity contribution in [3.8, 4) is 0 Å². The summed E-state index contributed by atoms with van der Waals surface area (Å²) < 4.78 is 1.12. The Kier molecular flexibility index (Phi) is 2.59. The van der Waals surface area contributed by atoms with E-state index in [1.807, 2.05) is 0 Å². The summed E-state index contributed by atoms with van der Waals surface area (Å²) in [5, 5.41) is 0. The second-order valence-electron chi connectivity index (χ2n) is 1.05. The number of amides is 2. The first-order valence-corrected chi connectivity index (χ1v) is 2.34. The van der Waals surface area contributed by atoms with Gasteiger partial charge in [0.2, 0.25) is 0 Å². The number of rotatable bonds is 1. The van der Waals surface area contributed by atoms with Crippen molar-refractivity contribution in [2.45, 2.75) is 6.92 Å². The van der Waals surface area contributed by atoms with Gasteiger partial charge in [0, 0.05) is 6.54 Å². The van der Waals surface area contributed by atoms with E-state index in [0.29, 0.717) is 6.54 Å². The molecular formula is C3H8N2OS. The van der Waals surface area contributed by atoms with E-state index < -0.39 is 6.03 Å². The first kappa shape index (κ1) is 6.62. The molecule has 0 aromatic carbocycles. The molecule has 0 atom stereocenters. The van der Waals surface area contributed by atoms with Crippen LogP contribution in [0.4, 0.5) is 4.79 Å². The van der Waals surface area contributed by atoms with Crippen molar-refractivity contribution in [2.75, 3.05) is 6.54 Å². The van der Waals surface area contributed by atoms with Gasteiger partial charge in [-0.25, -0.2) is 4.79 Å². The maximum Gasteiger partial charge on any atom is 0.324 e. The van der Waals surface area contributed by atoms with Crippen LogP contribution in [0.25, 0.3) is 0 Å². The predicted molar refractivity (Wildman–Crippen MR) is 30.9 cm³/mol. The average Bonchev–Trinajstić information content (AvgIpc) is 1.65. The normalized spacial score (nSPS) is 8.29. The maximum atomic E-state index is 10.0. The minimum atomic E-state index is -0.508. The Balaban J connectivity index is 3.34. The van der Waals surface area contributed by atoms with Crippen molar-refractivity contribution in [3.63, 3.8) is 0 Å². The van der Waals surface area contributed by atoms with E-state index in [4.69, 9.17) is 5.73 Å². The number of carbonyl (C=O) groups is 1. The Hall–Kier alpha value is -0.380. The Morgan fingerprint density at radius 3 is 2.43 bits per heavy atom. The van der Waals surface area contributed by atoms with Crippen LogP contribution in [0.1, 0.15) is 6.92 Å². The number of primary amides is 1. The lowest BCUT2D eigenvalue weighted by molar-refractivity contribution is 0.236. The summed E-state index contributed by atoms with van der Waals surface area (Å²) in [6, 6.07) is -0.508. The Morgan fingerprint density at radius 1 is 2.00 bits per heavy atom. The Bertz CT molecular complexity index is 75.3. The van der Waals surface area contributed by atoms with E-state index in [0.717, 1.165) is 4.31 Å². The first-order valence-electron chi connectivity index (χ1n) is 1.94. The molecule has 0 radical (unpaired) electrons.